The van der Waals surface area contributed by atoms with Crippen LogP contribution < -0.4 is 5.73 Å². The number of carboxylic acids is 1. The molecule has 0 fully saturated rings. The first-order chi connectivity index (χ1) is 5.07. The number of nitrogens with two attached hydrogens (primary N) is 1. The lowest BCUT2D eigenvalue weighted by atomic mass is 9.94. The lowest BCUT2D eigenvalue weighted by Gasteiger charge is -2.12. The van der Waals surface area contributed by atoms with E-state index in [-0.39, 0.29) is 5.92 Å². The van der Waals surface area contributed by atoms with Crippen molar-refractivity contribution < 1.29 is 9.90 Å². The summed E-state index contributed by atoms with van der Waals surface area (Å²) in [6.07, 6.45) is 1.32. The highest BCUT2D eigenvalue weighted by Crippen LogP contribution is 2.14. The van der Waals surface area contributed by atoms with E-state index in [2.05, 4.69) is 0 Å². The van der Waals surface area contributed by atoms with E-state index in [0.29, 0.717) is 18.9 Å². The fourth-order valence-corrected chi connectivity index (χ4v) is 1.11. The van der Waals surface area contributed by atoms with E-state index < -0.39 is 5.97 Å². The van der Waals surface area contributed by atoms with Gasteiger partial charge in [0.2, 0.25) is 0 Å². The zero-order valence-electron chi connectivity index (χ0n) is 7.21. The summed E-state index contributed by atoms with van der Waals surface area (Å²) in [4.78, 5) is 10.6. The maximum Gasteiger partial charge on any atom is 0.306 e. The molecule has 0 saturated heterocycles. The summed E-state index contributed by atoms with van der Waals surface area (Å²) in [7, 11) is 0. The van der Waals surface area contributed by atoms with Crippen LogP contribution in [0.2, 0.25) is 0 Å². The Morgan fingerprint density at radius 2 is 2.09 bits per heavy atom. The molecular formula is C8H17NO2. The molecule has 1 atom stereocenters. The minimum absolute atomic E-state index is 0.250. The van der Waals surface area contributed by atoms with Crippen LogP contribution in [0.5, 0.6) is 0 Å². The van der Waals surface area contributed by atoms with Gasteiger partial charge in [0.25, 0.3) is 0 Å². The second-order valence-corrected chi connectivity index (χ2v) is 3.24. The van der Waals surface area contributed by atoms with Crippen LogP contribution >= 0.6 is 0 Å². The number of carbonyl (C=O) groups is 1. The molecule has 0 saturated carbocycles. The first-order valence-electron chi connectivity index (χ1n) is 4.00. The van der Waals surface area contributed by atoms with Crippen LogP contribution in [0.15, 0.2) is 0 Å². The molecule has 3 heteroatoms. The van der Waals surface area contributed by atoms with E-state index in [0.717, 1.165) is 6.42 Å². The van der Waals surface area contributed by atoms with E-state index in [4.69, 9.17) is 10.8 Å². The average molecular weight is 159 g/mol. The first kappa shape index (κ1) is 10.4. The van der Waals surface area contributed by atoms with Gasteiger partial charge < -0.3 is 10.8 Å². The van der Waals surface area contributed by atoms with Gasteiger partial charge >= 0.3 is 5.97 Å². The zero-order valence-corrected chi connectivity index (χ0v) is 7.21. The molecule has 0 amide bonds. The Balaban J connectivity index is 3.79. The zero-order chi connectivity index (χ0) is 8.85. The Bertz CT molecular complexity index is 123. The van der Waals surface area contributed by atoms with Gasteiger partial charge in [0.15, 0.2) is 0 Å². The van der Waals surface area contributed by atoms with Gasteiger partial charge in [-0.05, 0) is 25.3 Å². The third-order valence-electron chi connectivity index (χ3n) is 1.62. The summed E-state index contributed by atoms with van der Waals surface area (Å²) >= 11 is 0. The highest BCUT2D eigenvalue weighted by Gasteiger charge is 2.17. The Morgan fingerprint density at radius 1 is 1.55 bits per heavy atom. The Morgan fingerprint density at radius 3 is 2.36 bits per heavy atom. The lowest BCUT2D eigenvalue weighted by molar-refractivity contribution is -0.142. The highest BCUT2D eigenvalue weighted by molar-refractivity contribution is 5.69. The molecule has 0 aromatic heterocycles. The fraction of sp³-hybridized carbons (Fsp3) is 0.875. The van der Waals surface area contributed by atoms with Crippen molar-refractivity contribution in [2.75, 3.05) is 6.54 Å². The predicted molar refractivity (Wildman–Crippen MR) is 44.3 cm³/mol. The first-order valence-corrected chi connectivity index (χ1v) is 4.00. The molecule has 0 heterocycles. The van der Waals surface area contributed by atoms with Crippen LogP contribution in [0, 0.1) is 11.8 Å². The van der Waals surface area contributed by atoms with Crippen LogP contribution in [-0.4, -0.2) is 17.6 Å². The average Bonchev–Trinajstić information content (AvgIpc) is 1.86. The lowest BCUT2D eigenvalue weighted by Crippen LogP contribution is -2.19. The van der Waals surface area contributed by atoms with Crippen molar-refractivity contribution in [3.63, 3.8) is 0 Å². The number of rotatable bonds is 5. The number of aliphatic carboxylic acids is 1. The summed E-state index contributed by atoms with van der Waals surface area (Å²) < 4.78 is 0. The van der Waals surface area contributed by atoms with Gasteiger partial charge in [0.05, 0.1) is 5.92 Å². The summed E-state index contributed by atoms with van der Waals surface area (Å²) in [6.45, 7) is 4.50. The molecule has 0 aromatic carbocycles. The number of hydrogen-bond donors (Lipinski definition) is 2. The third-order valence-corrected chi connectivity index (χ3v) is 1.62. The van der Waals surface area contributed by atoms with Gasteiger partial charge in [0.1, 0.15) is 0 Å². The molecule has 0 bridgehead atoms. The molecule has 3 N–H and O–H groups in total. The molecule has 1 unspecified atom stereocenters. The van der Waals surface area contributed by atoms with Crippen molar-refractivity contribution >= 4 is 5.97 Å². The third kappa shape index (κ3) is 4.79. The van der Waals surface area contributed by atoms with Crippen LogP contribution in [0.3, 0.4) is 0 Å². The molecule has 66 valence electrons. The van der Waals surface area contributed by atoms with Crippen molar-refractivity contribution in [1.29, 1.82) is 0 Å². The van der Waals surface area contributed by atoms with E-state index in [1.165, 1.54) is 0 Å². The Hall–Kier alpha value is -0.570. The van der Waals surface area contributed by atoms with Crippen molar-refractivity contribution in [1.82, 2.24) is 0 Å². The monoisotopic (exact) mass is 159 g/mol. The van der Waals surface area contributed by atoms with E-state index in [1.54, 1.807) is 0 Å². The number of hydrogen-bond acceptors (Lipinski definition) is 2. The predicted octanol–water partition coefficient (Wildman–Crippen LogP) is 1.08. The van der Waals surface area contributed by atoms with Crippen LogP contribution in [0.1, 0.15) is 26.7 Å². The van der Waals surface area contributed by atoms with Gasteiger partial charge in [-0.1, -0.05) is 13.8 Å². The smallest absolute Gasteiger partial charge is 0.306 e. The maximum atomic E-state index is 10.6. The summed E-state index contributed by atoms with van der Waals surface area (Å²) in [5.74, 6) is -0.535. The van der Waals surface area contributed by atoms with Crippen molar-refractivity contribution in [3.8, 4) is 0 Å². The van der Waals surface area contributed by atoms with Crippen LogP contribution in [-0.2, 0) is 4.79 Å². The quantitative estimate of drug-likeness (QED) is 0.631. The normalized spacial score (nSPS) is 13.5. The van der Waals surface area contributed by atoms with Crippen LogP contribution in [0.4, 0.5) is 0 Å². The molecule has 0 rings (SSSR count). The van der Waals surface area contributed by atoms with Gasteiger partial charge in [-0.25, -0.2) is 0 Å². The molecule has 0 aromatic rings. The van der Waals surface area contributed by atoms with Crippen molar-refractivity contribution in [2.24, 2.45) is 17.6 Å². The number of carboxylic acid groups (broad SMARTS) is 1. The highest BCUT2D eigenvalue weighted by atomic mass is 16.4. The summed E-state index contributed by atoms with van der Waals surface area (Å²) in [5.41, 5.74) is 5.28. The molecule has 0 aliphatic carbocycles. The topological polar surface area (TPSA) is 63.3 Å². The molecule has 0 radical (unpaired) electrons. The van der Waals surface area contributed by atoms with Gasteiger partial charge in [-0.3, -0.25) is 4.79 Å². The van der Waals surface area contributed by atoms with Gasteiger partial charge in [0, 0.05) is 0 Å². The molecule has 0 aliphatic heterocycles. The Kier molecular flexibility index (Phi) is 4.86. The van der Waals surface area contributed by atoms with Crippen LogP contribution in [0.25, 0.3) is 0 Å². The molecule has 0 spiro atoms. The van der Waals surface area contributed by atoms with Gasteiger partial charge in [-0.2, -0.15) is 0 Å². The SMILES string of the molecule is CC(C)CC(CCN)C(=O)O. The Labute approximate surface area is 67.6 Å². The van der Waals surface area contributed by atoms with Crippen molar-refractivity contribution in [2.45, 2.75) is 26.7 Å². The van der Waals surface area contributed by atoms with E-state index >= 15 is 0 Å². The minimum Gasteiger partial charge on any atom is -0.481 e. The largest absolute Gasteiger partial charge is 0.481 e. The van der Waals surface area contributed by atoms with E-state index in [9.17, 15) is 4.79 Å². The standard InChI is InChI=1S/C8H17NO2/c1-6(2)5-7(3-4-9)8(10)11/h6-7H,3-5,9H2,1-2H3,(H,10,11). The molecule has 0 aliphatic rings. The molecule has 3 nitrogen and oxygen atoms in total. The molecular weight excluding hydrogens is 142 g/mol. The minimum atomic E-state index is -0.718. The molecule has 11 heavy (non-hydrogen) atoms. The second-order valence-electron chi connectivity index (χ2n) is 3.24. The summed E-state index contributed by atoms with van der Waals surface area (Å²) in [6, 6.07) is 0. The summed E-state index contributed by atoms with van der Waals surface area (Å²) in [5, 5.41) is 8.70. The fourth-order valence-electron chi connectivity index (χ4n) is 1.11. The maximum absolute atomic E-state index is 10.6. The van der Waals surface area contributed by atoms with E-state index in [1.807, 2.05) is 13.8 Å². The van der Waals surface area contributed by atoms with Crippen molar-refractivity contribution in [3.05, 3.63) is 0 Å². The van der Waals surface area contributed by atoms with Gasteiger partial charge in [-0.15, -0.1) is 0 Å². The second kappa shape index (κ2) is 5.13.